The molecule has 11 nitrogen and oxygen atoms in total. The predicted octanol–water partition coefficient (Wildman–Crippen LogP) is 2.61. The van der Waals surface area contributed by atoms with Gasteiger partial charge in [0.15, 0.2) is 0 Å². The first-order valence-corrected chi connectivity index (χ1v) is 12.0. The number of hydrogen-bond acceptors (Lipinski definition) is 10. The van der Waals surface area contributed by atoms with Gasteiger partial charge in [0.25, 0.3) is 0 Å². The van der Waals surface area contributed by atoms with Crippen molar-refractivity contribution in [2.45, 2.75) is 39.5 Å². The largest absolute Gasteiger partial charge is 0.478 e. The number of aliphatic hydroxyl groups is 1. The van der Waals surface area contributed by atoms with Crippen LogP contribution >= 0.6 is 0 Å². The Balaban J connectivity index is 0. The molecule has 1 unspecified atom stereocenters. The summed E-state index contributed by atoms with van der Waals surface area (Å²) < 4.78 is 14.4. The van der Waals surface area contributed by atoms with Gasteiger partial charge in [-0.2, -0.15) is 0 Å². The summed E-state index contributed by atoms with van der Waals surface area (Å²) in [5.41, 5.74) is -0.00566. The van der Waals surface area contributed by atoms with Gasteiger partial charge in [-0.1, -0.05) is 52.8 Å². The number of morpholine rings is 1. The number of hydrogen-bond donors (Lipinski definition) is 2. The molecule has 0 bridgehead atoms. The summed E-state index contributed by atoms with van der Waals surface area (Å²) in [5, 5.41) is 17.9. The van der Waals surface area contributed by atoms with Gasteiger partial charge in [-0.3, -0.25) is 0 Å². The second-order valence-corrected chi connectivity index (χ2v) is 7.46. The number of carbonyl (C=O) groups is 4. The summed E-state index contributed by atoms with van der Waals surface area (Å²) in [4.78, 5) is 47.4. The fraction of sp³-hybridized carbons (Fsp3) is 0.538. The average Bonchev–Trinajstić information content (AvgIpc) is 2.91. The van der Waals surface area contributed by atoms with Gasteiger partial charge in [0, 0.05) is 18.2 Å². The third-order valence-electron chi connectivity index (χ3n) is 4.54. The zero-order valence-corrected chi connectivity index (χ0v) is 21.9. The van der Waals surface area contributed by atoms with Crippen LogP contribution in [0.5, 0.6) is 0 Å². The Bertz CT molecular complexity index is 742. The molecule has 0 amide bonds. The molecule has 1 atom stereocenters. The number of carboxylic acids is 1. The molecule has 0 radical (unpaired) electrons. The van der Waals surface area contributed by atoms with Crippen molar-refractivity contribution in [3.8, 4) is 0 Å². The maximum absolute atomic E-state index is 11.4. The van der Waals surface area contributed by atoms with E-state index in [1.54, 1.807) is 0 Å². The van der Waals surface area contributed by atoms with Crippen molar-refractivity contribution in [1.82, 2.24) is 5.06 Å². The number of hydroxylamine groups is 2. The first-order chi connectivity index (χ1) is 17.6. The quantitative estimate of drug-likeness (QED) is 0.195. The molecule has 210 valence electrons. The van der Waals surface area contributed by atoms with Crippen LogP contribution in [0.15, 0.2) is 49.6 Å². The first kappa shape index (κ1) is 35.9. The van der Waals surface area contributed by atoms with Crippen molar-refractivity contribution in [3.05, 3.63) is 49.6 Å². The maximum Gasteiger partial charge on any atom is 0.356 e. The Morgan fingerprint density at radius 2 is 1.62 bits per heavy atom. The van der Waals surface area contributed by atoms with Crippen molar-refractivity contribution in [3.63, 3.8) is 0 Å². The van der Waals surface area contributed by atoms with Crippen LogP contribution in [0.2, 0.25) is 0 Å². The summed E-state index contributed by atoms with van der Waals surface area (Å²) in [5.74, 6) is -2.09. The monoisotopic (exact) mass is 527 g/mol. The molecule has 11 heteroatoms. The second kappa shape index (κ2) is 24.4. The predicted molar refractivity (Wildman–Crippen MR) is 137 cm³/mol. The Labute approximate surface area is 219 Å². The summed E-state index contributed by atoms with van der Waals surface area (Å²) in [7, 11) is 0. The molecule has 1 rings (SSSR count). The van der Waals surface area contributed by atoms with Gasteiger partial charge in [0.2, 0.25) is 0 Å². The van der Waals surface area contributed by atoms with E-state index in [4.69, 9.17) is 24.5 Å². The van der Waals surface area contributed by atoms with Crippen molar-refractivity contribution in [2.24, 2.45) is 5.92 Å². The van der Waals surface area contributed by atoms with Gasteiger partial charge in [-0.25, -0.2) is 19.2 Å². The first-order valence-electron chi connectivity index (χ1n) is 12.0. The van der Waals surface area contributed by atoms with E-state index in [0.29, 0.717) is 38.8 Å². The normalized spacial score (nSPS) is 13.5. The number of esters is 2. The van der Waals surface area contributed by atoms with Crippen LogP contribution < -0.4 is 0 Å². The van der Waals surface area contributed by atoms with E-state index in [9.17, 15) is 19.2 Å². The van der Waals surface area contributed by atoms with Crippen LogP contribution in [0.3, 0.4) is 0 Å². The smallest absolute Gasteiger partial charge is 0.356 e. The lowest BCUT2D eigenvalue weighted by atomic mass is 10.0. The third kappa shape index (κ3) is 22.9. The summed E-state index contributed by atoms with van der Waals surface area (Å²) in [6.45, 7) is 16.7. The molecule has 0 saturated carbocycles. The molecule has 1 saturated heterocycles. The van der Waals surface area contributed by atoms with Crippen LogP contribution in [0, 0.1) is 5.92 Å². The topological polar surface area (TPSA) is 149 Å². The fourth-order valence-corrected chi connectivity index (χ4v) is 2.42. The van der Waals surface area contributed by atoms with Crippen LogP contribution in [0.4, 0.5) is 0 Å². The van der Waals surface area contributed by atoms with Gasteiger partial charge in [-0.15, -0.1) is 5.06 Å². The molecule has 0 aromatic heterocycles. The van der Waals surface area contributed by atoms with Gasteiger partial charge in [0.1, 0.15) is 6.61 Å². The molecule has 0 spiro atoms. The molecule has 1 heterocycles. The zero-order valence-electron chi connectivity index (χ0n) is 21.9. The molecule has 1 aliphatic heterocycles. The number of aliphatic carboxylic acids is 1. The molecule has 1 aliphatic rings. The van der Waals surface area contributed by atoms with Crippen molar-refractivity contribution < 1.29 is 48.4 Å². The van der Waals surface area contributed by atoms with Crippen molar-refractivity contribution in [2.75, 3.05) is 46.1 Å². The standard InChI is InChI=1S/C11H20O2.C10H13NO5.C5H8O3/c1-4-7-8-10(5-2)9-13-11(12)6-3;1-8(2-3-9(12)13)10(14)16-11-4-6-15-7-5-11;1-2-5(7)8-4-3-6/h6,10H,3-5,7-9H2,1-2H3;2-3H,1,4-7H2,(H,12,13);2,6H,1,3-4H2. The number of rotatable bonds is 14. The van der Waals surface area contributed by atoms with E-state index in [0.717, 1.165) is 31.1 Å². The van der Waals surface area contributed by atoms with Crippen LogP contribution in [0.25, 0.3) is 0 Å². The van der Waals surface area contributed by atoms with Gasteiger partial charge >= 0.3 is 23.9 Å². The Morgan fingerprint density at radius 1 is 1.03 bits per heavy atom. The SMILES string of the molecule is C=C(C=CC(=O)O)C(=O)ON1CCOCC1.C=CC(=O)OCC(CC)CCCC.C=CC(=O)OCCO. The van der Waals surface area contributed by atoms with Crippen LogP contribution in [-0.4, -0.2) is 85.3 Å². The van der Waals surface area contributed by atoms with E-state index >= 15 is 0 Å². The lowest BCUT2D eigenvalue weighted by molar-refractivity contribution is -0.200. The molecule has 2 N–H and O–H groups in total. The zero-order chi connectivity index (χ0) is 28.5. The number of carbonyl (C=O) groups excluding carboxylic acids is 3. The lowest BCUT2D eigenvalue weighted by Gasteiger charge is -2.24. The van der Waals surface area contributed by atoms with Crippen LogP contribution in [-0.2, 0) is 38.2 Å². The molecular formula is C26H41NO10. The van der Waals surface area contributed by atoms with E-state index in [2.05, 4.69) is 38.3 Å². The average molecular weight is 528 g/mol. The summed E-state index contributed by atoms with van der Waals surface area (Å²) in [6, 6.07) is 0. The number of unbranched alkanes of at least 4 members (excludes halogenated alkanes) is 1. The molecule has 0 aliphatic carbocycles. The maximum atomic E-state index is 11.4. The number of aliphatic hydroxyl groups excluding tert-OH is 1. The molecule has 1 fully saturated rings. The van der Waals surface area contributed by atoms with Gasteiger partial charge < -0.3 is 29.3 Å². The van der Waals surface area contributed by atoms with E-state index in [-0.39, 0.29) is 24.8 Å². The second-order valence-electron chi connectivity index (χ2n) is 7.46. The highest BCUT2D eigenvalue weighted by Gasteiger charge is 2.16. The highest BCUT2D eigenvalue weighted by molar-refractivity contribution is 5.92. The molecule has 0 aromatic rings. The lowest BCUT2D eigenvalue weighted by Crippen LogP contribution is -2.38. The number of ether oxygens (including phenoxy) is 3. The van der Waals surface area contributed by atoms with Crippen molar-refractivity contribution >= 4 is 23.9 Å². The highest BCUT2D eigenvalue weighted by atomic mass is 16.7. The van der Waals surface area contributed by atoms with Crippen LogP contribution in [0.1, 0.15) is 39.5 Å². The molecular weight excluding hydrogens is 486 g/mol. The fourth-order valence-electron chi connectivity index (χ4n) is 2.42. The van der Waals surface area contributed by atoms with Gasteiger partial charge in [0.05, 0.1) is 45.1 Å². The third-order valence-corrected chi connectivity index (χ3v) is 4.54. The van der Waals surface area contributed by atoms with Crippen molar-refractivity contribution in [1.29, 1.82) is 0 Å². The summed E-state index contributed by atoms with van der Waals surface area (Å²) >= 11 is 0. The minimum atomic E-state index is -1.14. The molecule has 0 aromatic carbocycles. The Kier molecular flexibility index (Phi) is 23.7. The number of nitrogens with zero attached hydrogens (tertiary/aromatic N) is 1. The van der Waals surface area contributed by atoms with E-state index in [1.807, 2.05) is 0 Å². The Hall–Kier alpha value is -3.28. The van der Waals surface area contributed by atoms with E-state index < -0.39 is 17.9 Å². The minimum absolute atomic E-state index is 0.00566. The highest BCUT2D eigenvalue weighted by Crippen LogP contribution is 2.12. The molecule has 37 heavy (non-hydrogen) atoms. The minimum Gasteiger partial charge on any atom is -0.478 e. The number of carboxylic acid groups (broad SMARTS) is 1. The van der Waals surface area contributed by atoms with Gasteiger partial charge in [-0.05, 0) is 18.4 Å². The Morgan fingerprint density at radius 3 is 2.11 bits per heavy atom. The summed E-state index contributed by atoms with van der Waals surface area (Å²) in [6.07, 6.45) is 8.84. The van der Waals surface area contributed by atoms with E-state index in [1.165, 1.54) is 24.0 Å².